The molecule has 1 aromatic heterocycles. The van der Waals surface area contributed by atoms with Gasteiger partial charge in [-0.1, -0.05) is 0 Å². The summed E-state index contributed by atoms with van der Waals surface area (Å²) >= 11 is 0. The van der Waals surface area contributed by atoms with E-state index >= 15 is 0 Å². The van der Waals surface area contributed by atoms with Crippen LogP contribution in [-0.2, 0) is 0 Å². The van der Waals surface area contributed by atoms with Crippen molar-refractivity contribution < 1.29 is 8.78 Å². The highest BCUT2D eigenvalue weighted by molar-refractivity contribution is 5.87. The van der Waals surface area contributed by atoms with E-state index in [-0.39, 0.29) is 5.71 Å². The molecule has 0 saturated heterocycles. The number of alkyl halides is 2. The van der Waals surface area contributed by atoms with E-state index in [0.717, 1.165) is 0 Å². The van der Waals surface area contributed by atoms with Crippen LogP contribution in [-0.4, -0.2) is 17.1 Å². The molecule has 0 bridgehead atoms. The Bertz CT molecular complexity index is 270. The molecule has 0 spiro atoms. The van der Waals surface area contributed by atoms with Gasteiger partial charge >= 0.3 is 0 Å². The van der Waals surface area contributed by atoms with Gasteiger partial charge in [0.25, 0.3) is 6.43 Å². The summed E-state index contributed by atoms with van der Waals surface area (Å²) in [5.41, 5.74) is 0.262. The van der Waals surface area contributed by atoms with Gasteiger partial charge in [-0.2, -0.15) is 0 Å². The molecule has 0 aromatic carbocycles. The monoisotopic (exact) mass is 170 g/mol. The zero-order valence-electron chi connectivity index (χ0n) is 6.54. The zero-order chi connectivity index (χ0) is 8.97. The zero-order valence-corrected chi connectivity index (χ0v) is 6.54. The Balaban J connectivity index is 2.81. The topological polar surface area (TPSA) is 25.2 Å². The van der Waals surface area contributed by atoms with Crippen LogP contribution in [0.4, 0.5) is 14.5 Å². The summed E-state index contributed by atoms with van der Waals surface area (Å²) in [6, 6.07) is 3.27. The summed E-state index contributed by atoms with van der Waals surface area (Å²) in [6.07, 6.45) is 0.507. The summed E-state index contributed by atoms with van der Waals surface area (Å²) in [6.45, 7) is 1.29. The first-order valence-electron chi connectivity index (χ1n) is 3.43. The number of aliphatic imine (C=N–C) groups is 1. The third-order valence-corrected chi connectivity index (χ3v) is 1.27. The molecular weight excluding hydrogens is 162 g/mol. The number of aromatic nitrogens is 1. The molecule has 0 N–H and O–H groups in total. The molecule has 0 fully saturated rings. The number of hydrogen-bond donors (Lipinski definition) is 0. The van der Waals surface area contributed by atoms with Gasteiger partial charge in [-0.25, -0.2) is 8.78 Å². The van der Waals surface area contributed by atoms with Crippen LogP contribution in [0.15, 0.2) is 29.5 Å². The summed E-state index contributed by atoms with van der Waals surface area (Å²) < 4.78 is 23.9. The lowest BCUT2D eigenvalue weighted by Crippen LogP contribution is -2.03. The van der Waals surface area contributed by atoms with Crippen molar-refractivity contribution in [2.75, 3.05) is 0 Å². The fourth-order valence-corrected chi connectivity index (χ4v) is 0.672. The Hall–Kier alpha value is -1.32. The van der Waals surface area contributed by atoms with Crippen molar-refractivity contribution >= 4 is 11.4 Å². The molecule has 0 saturated carbocycles. The van der Waals surface area contributed by atoms with Gasteiger partial charge in [0.05, 0.1) is 17.6 Å². The molecule has 64 valence electrons. The molecule has 2 nitrogen and oxygen atoms in total. The molecule has 0 aliphatic carbocycles. The van der Waals surface area contributed by atoms with Gasteiger partial charge in [-0.3, -0.25) is 9.98 Å². The van der Waals surface area contributed by atoms with Gasteiger partial charge in [0, 0.05) is 6.20 Å². The lowest BCUT2D eigenvalue weighted by Gasteiger charge is -1.96. The Labute approximate surface area is 69.0 Å². The van der Waals surface area contributed by atoms with Gasteiger partial charge in [0.15, 0.2) is 0 Å². The van der Waals surface area contributed by atoms with E-state index in [1.54, 1.807) is 18.3 Å². The van der Waals surface area contributed by atoms with Crippen LogP contribution in [0.2, 0.25) is 0 Å². The summed E-state index contributed by atoms with van der Waals surface area (Å²) in [4.78, 5) is 7.41. The Morgan fingerprint density at radius 2 is 2.33 bits per heavy atom. The van der Waals surface area contributed by atoms with Gasteiger partial charge in [-0.15, -0.1) is 0 Å². The van der Waals surface area contributed by atoms with Crippen molar-refractivity contribution in [3.05, 3.63) is 24.5 Å². The SMILES string of the molecule is CC(=Nc1cccnc1)C(F)F. The van der Waals surface area contributed by atoms with Crippen LogP contribution in [0.25, 0.3) is 0 Å². The standard InChI is InChI=1S/C8H8F2N2/c1-6(8(9)10)12-7-3-2-4-11-5-7/h2-5,8H,1H3. The van der Waals surface area contributed by atoms with E-state index in [1.165, 1.54) is 13.1 Å². The number of halogens is 2. The molecule has 0 unspecified atom stereocenters. The molecule has 0 radical (unpaired) electrons. The Morgan fingerprint density at radius 1 is 1.58 bits per heavy atom. The Kier molecular flexibility index (Phi) is 2.85. The molecule has 0 atom stereocenters. The maximum Gasteiger partial charge on any atom is 0.276 e. The van der Waals surface area contributed by atoms with Crippen molar-refractivity contribution in [1.29, 1.82) is 0 Å². The van der Waals surface area contributed by atoms with E-state index < -0.39 is 6.43 Å². The largest absolute Gasteiger partial charge is 0.276 e. The number of rotatable bonds is 2. The third-order valence-electron chi connectivity index (χ3n) is 1.27. The van der Waals surface area contributed by atoms with Crippen molar-refractivity contribution in [1.82, 2.24) is 4.98 Å². The van der Waals surface area contributed by atoms with E-state index in [1.807, 2.05) is 0 Å². The Morgan fingerprint density at radius 3 is 2.83 bits per heavy atom. The van der Waals surface area contributed by atoms with Crippen LogP contribution < -0.4 is 0 Å². The average Bonchev–Trinajstić information content (AvgIpc) is 2.06. The predicted molar refractivity (Wildman–Crippen MR) is 43.0 cm³/mol. The van der Waals surface area contributed by atoms with E-state index in [9.17, 15) is 8.78 Å². The van der Waals surface area contributed by atoms with Gasteiger partial charge in [0.2, 0.25) is 0 Å². The van der Waals surface area contributed by atoms with Crippen molar-refractivity contribution in [3.8, 4) is 0 Å². The minimum Gasteiger partial charge on any atom is -0.262 e. The predicted octanol–water partition coefficient (Wildman–Crippen LogP) is 2.44. The fourth-order valence-electron chi connectivity index (χ4n) is 0.672. The van der Waals surface area contributed by atoms with E-state index in [0.29, 0.717) is 5.69 Å². The van der Waals surface area contributed by atoms with E-state index in [4.69, 9.17) is 0 Å². The maximum atomic E-state index is 12.0. The number of nitrogens with zero attached hydrogens (tertiary/aromatic N) is 2. The van der Waals surface area contributed by atoms with Crippen LogP contribution in [0, 0.1) is 0 Å². The summed E-state index contributed by atoms with van der Waals surface area (Å²) in [7, 11) is 0. The highest BCUT2D eigenvalue weighted by Crippen LogP contribution is 2.10. The first-order valence-corrected chi connectivity index (χ1v) is 3.43. The second-order valence-corrected chi connectivity index (χ2v) is 2.27. The highest BCUT2D eigenvalue weighted by atomic mass is 19.3. The van der Waals surface area contributed by atoms with Crippen LogP contribution in [0.5, 0.6) is 0 Å². The molecule has 1 rings (SSSR count). The number of pyridine rings is 1. The molecule has 4 heteroatoms. The van der Waals surface area contributed by atoms with Crippen molar-refractivity contribution in [2.45, 2.75) is 13.3 Å². The third kappa shape index (κ3) is 2.38. The smallest absolute Gasteiger partial charge is 0.262 e. The molecule has 12 heavy (non-hydrogen) atoms. The first kappa shape index (κ1) is 8.77. The van der Waals surface area contributed by atoms with Gasteiger partial charge in [-0.05, 0) is 19.1 Å². The fraction of sp³-hybridized carbons (Fsp3) is 0.250. The lowest BCUT2D eigenvalue weighted by atomic mass is 10.4. The highest BCUT2D eigenvalue weighted by Gasteiger charge is 2.05. The molecule has 1 heterocycles. The van der Waals surface area contributed by atoms with Gasteiger partial charge in [0.1, 0.15) is 0 Å². The maximum absolute atomic E-state index is 12.0. The lowest BCUT2D eigenvalue weighted by molar-refractivity contribution is 0.225. The van der Waals surface area contributed by atoms with E-state index in [2.05, 4.69) is 9.98 Å². The summed E-state index contributed by atoms with van der Waals surface area (Å²) in [5, 5.41) is 0. The average molecular weight is 170 g/mol. The molecule has 1 aromatic rings. The van der Waals surface area contributed by atoms with Crippen molar-refractivity contribution in [2.24, 2.45) is 4.99 Å². The number of hydrogen-bond acceptors (Lipinski definition) is 2. The molecule has 0 aliphatic heterocycles. The minimum absolute atomic E-state index is 0.192. The molecular formula is C8H8F2N2. The second-order valence-electron chi connectivity index (χ2n) is 2.27. The molecule has 0 aliphatic rings. The second kappa shape index (κ2) is 3.90. The first-order chi connectivity index (χ1) is 5.70. The van der Waals surface area contributed by atoms with Crippen molar-refractivity contribution in [3.63, 3.8) is 0 Å². The van der Waals surface area contributed by atoms with Crippen LogP contribution in [0.3, 0.4) is 0 Å². The van der Waals surface area contributed by atoms with Crippen LogP contribution in [0.1, 0.15) is 6.92 Å². The molecule has 0 amide bonds. The quantitative estimate of drug-likeness (QED) is 0.626. The van der Waals surface area contributed by atoms with Gasteiger partial charge < -0.3 is 0 Å². The summed E-state index contributed by atoms with van der Waals surface area (Å²) in [5.74, 6) is 0. The minimum atomic E-state index is -2.50. The normalized spacial score (nSPS) is 12.2. The van der Waals surface area contributed by atoms with Crippen LogP contribution >= 0.6 is 0 Å².